The Morgan fingerprint density at radius 1 is 0.387 bits per heavy atom. The van der Waals surface area contributed by atoms with Crippen LogP contribution in [0.2, 0.25) is 0 Å². The highest BCUT2D eigenvalue weighted by Gasteiger charge is 2.47. The standard InChI is InChI=1S/C61H55N/c1-59(2)37-38-60(3,4)58-50(28-18-30-55(58)59)43-31-33-44(34-32-43)52-40-53-51-27-16-17-29-54(51)61(46-21-8-5-9-22-46,47-23-10-6-11-24-47)56(53)41-57(52)62(48-25-12-7-13-26-48)49-36-35-42-19-14-15-20-45(42)39-49/h5-13,16-18,21-36,39-41H,14-15,19-20,37-38H2,1-4H3. The fourth-order valence-electron chi connectivity index (χ4n) is 11.6. The maximum atomic E-state index is 2.56. The van der Waals surface area contributed by atoms with Crippen LogP contribution in [0.4, 0.5) is 17.1 Å². The molecule has 62 heavy (non-hydrogen) atoms. The average molecular weight is 802 g/mol. The minimum Gasteiger partial charge on any atom is -0.310 e. The van der Waals surface area contributed by atoms with Gasteiger partial charge in [0.2, 0.25) is 0 Å². The first-order valence-electron chi connectivity index (χ1n) is 22.9. The molecule has 0 fully saturated rings. The van der Waals surface area contributed by atoms with Gasteiger partial charge < -0.3 is 4.90 Å². The van der Waals surface area contributed by atoms with Gasteiger partial charge >= 0.3 is 0 Å². The van der Waals surface area contributed by atoms with E-state index in [-0.39, 0.29) is 10.8 Å². The van der Waals surface area contributed by atoms with Crippen molar-refractivity contribution in [2.45, 2.75) is 82.5 Å². The van der Waals surface area contributed by atoms with Crippen LogP contribution in [-0.2, 0) is 29.1 Å². The van der Waals surface area contributed by atoms with Gasteiger partial charge in [0.15, 0.2) is 0 Å². The van der Waals surface area contributed by atoms with E-state index < -0.39 is 5.41 Å². The van der Waals surface area contributed by atoms with Crippen molar-refractivity contribution in [2.24, 2.45) is 0 Å². The molecular formula is C61H55N. The van der Waals surface area contributed by atoms with Crippen LogP contribution in [0.1, 0.15) is 97.9 Å². The number of rotatable bonds is 7. The number of para-hydroxylation sites is 1. The van der Waals surface area contributed by atoms with Crippen molar-refractivity contribution in [1.29, 1.82) is 0 Å². The fraction of sp³-hybridized carbons (Fsp3) is 0.213. The number of benzene rings is 8. The third-order valence-electron chi connectivity index (χ3n) is 14.8. The molecule has 0 amide bonds. The molecule has 0 atom stereocenters. The molecule has 0 unspecified atom stereocenters. The fourth-order valence-corrected chi connectivity index (χ4v) is 11.6. The first kappa shape index (κ1) is 38.5. The second-order valence-electron chi connectivity index (χ2n) is 19.3. The molecular weight excluding hydrogens is 747 g/mol. The van der Waals surface area contributed by atoms with Crippen LogP contribution in [-0.4, -0.2) is 0 Å². The van der Waals surface area contributed by atoms with Crippen molar-refractivity contribution in [2.75, 3.05) is 4.90 Å². The average Bonchev–Trinajstić information content (AvgIpc) is 3.61. The number of fused-ring (bicyclic) bond motifs is 5. The van der Waals surface area contributed by atoms with Gasteiger partial charge in [-0.15, -0.1) is 0 Å². The summed E-state index contributed by atoms with van der Waals surface area (Å²) in [6.07, 6.45) is 7.19. The van der Waals surface area contributed by atoms with Crippen molar-refractivity contribution in [3.8, 4) is 33.4 Å². The highest BCUT2D eigenvalue weighted by Crippen LogP contribution is 2.59. The molecule has 0 spiro atoms. The molecule has 0 bridgehead atoms. The SMILES string of the molecule is CC1(C)CCC(C)(C)c2c(-c3ccc(-c4cc5c(cc4N(c4ccccc4)c4ccc6c(c4)CCCC6)C(c4ccccc4)(c4ccccc4)c4ccccc4-5)cc3)cccc21. The topological polar surface area (TPSA) is 3.24 Å². The highest BCUT2D eigenvalue weighted by molar-refractivity contribution is 5.97. The van der Waals surface area contributed by atoms with Gasteiger partial charge in [-0.3, -0.25) is 0 Å². The molecule has 1 nitrogen and oxygen atoms in total. The molecule has 3 aliphatic rings. The number of hydrogen-bond donors (Lipinski definition) is 0. The molecule has 0 heterocycles. The van der Waals surface area contributed by atoms with Gasteiger partial charge in [-0.25, -0.2) is 0 Å². The summed E-state index contributed by atoms with van der Waals surface area (Å²) in [5.74, 6) is 0. The van der Waals surface area contributed by atoms with Crippen LogP contribution in [0.25, 0.3) is 33.4 Å². The Hall–Kier alpha value is -6.44. The third kappa shape index (κ3) is 6.11. The van der Waals surface area contributed by atoms with Gasteiger partial charge in [0, 0.05) is 16.9 Å². The lowest BCUT2D eigenvalue weighted by molar-refractivity contribution is 0.333. The van der Waals surface area contributed by atoms with Gasteiger partial charge in [0.1, 0.15) is 0 Å². The van der Waals surface area contributed by atoms with Gasteiger partial charge in [0.25, 0.3) is 0 Å². The van der Waals surface area contributed by atoms with Crippen LogP contribution >= 0.6 is 0 Å². The summed E-state index contributed by atoms with van der Waals surface area (Å²) in [4.78, 5) is 2.54. The summed E-state index contributed by atoms with van der Waals surface area (Å²) in [5.41, 5.74) is 22.1. The lowest BCUT2D eigenvalue weighted by atomic mass is 9.61. The number of aryl methyl sites for hydroxylation is 2. The molecule has 11 rings (SSSR count). The van der Waals surface area contributed by atoms with Crippen LogP contribution in [0.5, 0.6) is 0 Å². The first-order chi connectivity index (χ1) is 30.2. The van der Waals surface area contributed by atoms with Crippen LogP contribution in [0.3, 0.4) is 0 Å². The largest absolute Gasteiger partial charge is 0.310 e. The second-order valence-corrected chi connectivity index (χ2v) is 19.3. The molecule has 8 aromatic rings. The summed E-state index contributed by atoms with van der Waals surface area (Å²) in [5, 5.41) is 0. The van der Waals surface area contributed by atoms with E-state index in [0.717, 1.165) is 18.5 Å². The summed E-state index contributed by atoms with van der Waals surface area (Å²) < 4.78 is 0. The molecule has 0 radical (unpaired) electrons. The predicted octanol–water partition coefficient (Wildman–Crippen LogP) is 16.1. The molecule has 0 N–H and O–H groups in total. The summed E-state index contributed by atoms with van der Waals surface area (Å²) in [6, 6.07) is 71.5. The Morgan fingerprint density at radius 2 is 0.952 bits per heavy atom. The van der Waals surface area contributed by atoms with Gasteiger partial charge in [-0.1, -0.05) is 179 Å². The molecule has 3 aliphatic carbocycles. The minimum absolute atomic E-state index is 0.107. The van der Waals surface area contributed by atoms with Crippen molar-refractivity contribution in [3.63, 3.8) is 0 Å². The maximum Gasteiger partial charge on any atom is 0.0714 e. The van der Waals surface area contributed by atoms with Crippen molar-refractivity contribution >= 4 is 17.1 Å². The quantitative estimate of drug-likeness (QED) is 0.155. The van der Waals surface area contributed by atoms with E-state index in [4.69, 9.17) is 0 Å². The Balaban J connectivity index is 1.19. The Bertz CT molecular complexity index is 2900. The highest BCUT2D eigenvalue weighted by atomic mass is 15.1. The second kappa shape index (κ2) is 14.9. The van der Waals surface area contributed by atoms with E-state index in [9.17, 15) is 0 Å². The molecule has 0 saturated carbocycles. The van der Waals surface area contributed by atoms with Crippen LogP contribution in [0.15, 0.2) is 188 Å². The van der Waals surface area contributed by atoms with E-state index in [1.54, 1.807) is 0 Å². The smallest absolute Gasteiger partial charge is 0.0714 e. The molecule has 0 saturated heterocycles. The van der Waals surface area contributed by atoms with Crippen molar-refractivity contribution in [3.05, 3.63) is 233 Å². The normalized spacial score (nSPS) is 16.4. The van der Waals surface area contributed by atoms with Crippen molar-refractivity contribution in [1.82, 2.24) is 0 Å². The molecule has 8 aromatic carbocycles. The van der Waals surface area contributed by atoms with E-state index in [2.05, 4.69) is 221 Å². The van der Waals surface area contributed by atoms with Crippen molar-refractivity contribution < 1.29 is 0 Å². The summed E-state index contributed by atoms with van der Waals surface area (Å²) in [6.45, 7) is 9.73. The predicted molar refractivity (Wildman–Crippen MR) is 261 cm³/mol. The summed E-state index contributed by atoms with van der Waals surface area (Å²) in [7, 11) is 0. The Morgan fingerprint density at radius 3 is 1.65 bits per heavy atom. The van der Waals surface area contributed by atoms with Gasteiger partial charge in [0.05, 0.1) is 11.1 Å². The molecule has 1 heteroatoms. The molecule has 0 aliphatic heterocycles. The third-order valence-corrected chi connectivity index (χ3v) is 14.8. The Labute approximate surface area is 368 Å². The van der Waals surface area contributed by atoms with Crippen LogP contribution < -0.4 is 4.90 Å². The van der Waals surface area contributed by atoms with Crippen LogP contribution in [0, 0.1) is 0 Å². The maximum absolute atomic E-state index is 2.56. The minimum atomic E-state index is -0.517. The molecule has 304 valence electrons. The lowest BCUT2D eigenvalue weighted by Crippen LogP contribution is -2.34. The zero-order chi connectivity index (χ0) is 42.1. The number of anilines is 3. The van der Waals surface area contributed by atoms with E-state index in [1.807, 2.05) is 0 Å². The van der Waals surface area contributed by atoms with E-state index >= 15 is 0 Å². The zero-order valence-corrected chi connectivity index (χ0v) is 36.6. The monoisotopic (exact) mass is 801 g/mol. The lowest BCUT2D eigenvalue weighted by Gasteiger charge is -2.43. The van der Waals surface area contributed by atoms with Gasteiger partial charge in [-0.05, 0) is 158 Å². The van der Waals surface area contributed by atoms with E-state index in [0.29, 0.717) is 0 Å². The molecule has 0 aromatic heterocycles. The number of hydrogen-bond acceptors (Lipinski definition) is 1. The zero-order valence-electron chi connectivity index (χ0n) is 36.6. The first-order valence-corrected chi connectivity index (χ1v) is 22.9. The summed E-state index contributed by atoms with van der Waals surface area (Å²) >= 11 is 0. The number of nitrogens with zero attached hydrogens (tertiary/aromatic N) is 1. The van der Waals surface area contributed by atoms with E-state index in [1.165, 1.54) is 115 Å². The van der Waals surface area contributed by atoms with Gasteiger partial charge in [-0.2, -0.15) is 0 Å². The Kier molecular flexibility index (Phi) is 9.24.